The number of thioether (sulfide) groups is 1. The maximum Gasteiger partial charge on any atom is 0.0861 e. The van der Waals surface area contributed by atoms with Crippen LogP contribution in [0.2, 0.25) is 0 Å². The van der Waals surface area contributed by atoms with Gasteiger partial charge in [-0.25, -0.2) is 0 Å². The monoisotopic (exact) mass is 213 g/mol. The van der Waals surface area contributed by atoms with Crippen molar-refractivity contribution in [2.45, 2.75) is 12.5 Å². The van der Waals surface area contributed by atoms with E-state index in [1.54, 1.807) is 18.0 Å². The molecule has 0 bridgehead atoms. The number of aryl methyl sites for hydroxylation is 1. The van der Waals surface area contributed by atoms with Gasteiger partial charge < -0.3 is 10.2 Å². The highest BCUT2D eigenvalue weighted by Gasteiger charge is 2.01. The van der Waals surface area contributed by atoms with E-state index in [-0.39, 0.29) is 6.61 Å². The average Bonchev–Trinajstić information content (AvgIpc) is 2.25. The highest BCUT2D eigenvalue weighted by Crippen LogP contribution is 2.06. The van der Waals surface area contributed by atoms with Gasteiger partial charge in [0, 0.05) is 17.6 Å². The van der Waals surface area contributed by atoms with E-state index in [9.17, 15) is 0 Å². The molecule has 1 unspecified atom stereocenters. The van der Waals surface area contributed by atoms with Gasteiger partial charge in [-0.2, -0.15) is 11.8 Å². The molecular formula is C10H15NO2S. The molecule has 0 saturated carbocycles. The number of rotatable bonds is 6. The van der Waals surface area contributed by atoms with E-state index in [2.05, 4.69) is 4.98 Å². The molecule has 3 nitrogen and oxygen atoms in total. The molecule has 1 atom stereocenters. The molecule has 1 aromatic heterocycles. The lowest BCUT2D eigenvalue weighted by atomic mass is 10.3. The molecule has 0 fully saturated rings. The van der Waals surface area contributed by atoms with Gasteiger partial charge in [0.25, 0.3) is 0 Å². The second kappa shape index (κ2) is 6.81. The van der Waals surface area contributed by atoms with Crippen LogP contribution < -0.4 is 0 Å². The summed E-state index contributed by atoms with van der Waals surface area (Å²) in [6.07, 6.45) is 2.09. The van der Waals surface area contributed by atoms with Crippen molar-refractivity contribution in [3.8, 4) is 0 Å². The number of hydrogen-bond acceptors (Lipinski definition) is 4. The maximum atomic E-state index is 9.07. The van der Waals surface area contributed by atoms with Crippen LogP contribution in [-0.4, -0.2) is 39.4 Å². The second-order valence-electron chi connectivity index (χ2n) is 2.98. The predicted octanol–water partition coefficient (Wildman–Crippen LogP) is 0.711. The van der Waals surface area contributed by atoms with E-state index in [1.165, 1.54) is 0 Å². The Morgan fingerprint density at radius 1 is 1.43 bits per heavy atom. The lowest BCUT2D eigenvalue weighted by Gasteiger charge is -2.05. The van der Waals surface area contributed by atoms with Crippen molar-refractivity contribution in [3.63, 3.8) is 0 Å². The van der Waals surface area contributed by atoms with Gasteiger partial charge in [-0.15, -0.1) is 0 Å². The highest BCUT2D eigenvalue weighted by molar-refractivity contribution is 7.99. The van der Waals surface area contributed by atoms with Crippen LogP contribution in [0.15, 0.2) is 24.4 Å². The standard InChI is InChI=1S/C10H15NO2S/c12-7-10(13)8-14-6-4-9-3-1-2-5-11-9/h1-3,5,10,12-13H,4,6-8H2. The number of hydrogen-bond donors (Lipinski definition) is 2. The Bertz CT molecular complexity index is 243. The van der Waals surface area contributed by atoms with Gasteiger partial charge in [0.05, 0.1) is 12.7 Å². The Balaban J connectivity index is 2.10. The molecule has 1 heterocycles. The molecule has 0 aromatic carbocycles. The minimum Gasteiger partial charge on any atom is -0.394 e. The zero-order chi connectivity index (χ0) is 10.2. The third kappa shape index (κ3) is 4.60. The van der Waals surface area contributed by atoms with Crippen LogP contribution in [0.3, 0.4) is 0 Å². The average molecular weight is 213 g/mol. The lowest BCUT2D eigenvalue weighted by molar-refractivity contribution is 0.113. The first-order valence-electron chi connectivity index (χ1n) is 4.59. The Kier molecular flexibility index (Phi) is 5.59. The SMILES string of the molecule is OCC(O)CSCCc1ccccn1. The summed E-state index contributed by atoms with van der Waals surface area (Å²) in [4.78, 5) is 4.19. The summed E-state index contributed by atoms with van der Waals surface area (Å²) in [5.74, 6) is 1.51. The predicted molar refractivity (Wildman–Crippen MR) is 58.4 cm³/mol. The number of aliphatic hydroxyl groups is 2. The Morgan fingerprint density at radius 2 is 2.29 bits per heavy atom. The Hall–Kier alpha value is -0.580. The summed E-state index contributed by atoms with van der Waals surface area (Å²) in [6, 6.07) is 5.85. The van der Waals surface area contributed by atoms with Crippen LogP contribution in [0.25, 0.3) is 0 Å². The molecule has 0 spiro atoms. The first-order chi connectivity index (χ1) is 6.83. The van der Waals surface area contributed by atoms with Gasteiger partial charge in [0.2, 0.25) is 0 Å². The van der Waals surface area contributed by atoms with Crippen LogP contribution in [0.5, 0.6) is 0 Å². The Morgan fingerprint density at radius 3 is 2.93 bits per heavy atom. The first kappa shape index (κ1) is 11.5. The maximum absolute atomic E-state index is 9.07. The molecule has 78 valence electrons. The van der Waals surface area contributed by atoms with Gasteiger partial charge in [0.1, 0.15) is 0 Å². The molecular weight excluding hydrogens is 198 g/mol. The van der Waals surface area contributed by atoms with Gasteiger partial charge in [-0.3, -0.25) is 4.98 Å². The quantitative estimate of drug-likeness (QED) is 0.683. The molecule has 0 radical (unpaired) electrons. The molecule has 0 aliphatic heterocycles. The van der Waals surface area contributed by atoms with Crippen LogP contribution in [0.4, 0.5) is 0 Å². The van der Waals surface area contributed by atoms with E-state index in [0.29, 0.717) is 5.75 Å². The van der Waals surface area contributed by atoms with Crippen molar-refractivity contribution >= 4 is 11.8 Å². The normalized spacial score (nSPS) is 12.7. The Labute approximate surface area is 88.2 Å². The molecule has 0 aliphatic carbocycles. The molecule has 0 saturated heterocycles. The largest absolute Gasteiger partial charge is 0.394 e. The van der Waals surface area contributed by atoms with E-state index < -0.39 is 6.10 Å². The zero-order valence-corrected chi connectivity index (χ0v) is 8.78. The van der Waals surface area contributed by atoms with Crippen molar-refractivity contribution in [2.24, 2.45) is 0 Å². The third-order valence-corrected chi connectivity index (χ3v) is 2.86. The van der Waals surface area contributed by atoms with Crippen LogP contribution >= 0.6 is 11.8 Å². The minimum absolute atomic E-state index is 0.156. The second-order valence-corrected chi connectivity index (χ2v) is 4.13. The van der Waals surface area contributed by atoms with E-state index in [4.69, 9.17) is 10.2 Å². The van der Waals surface area contributed by atoms with E-state index in [0.717, 1.165) is 17.9 Å². The summed E-state index contributed by atoms with van der Waals surface area (Å²) < 4.78 is 0. The van der Waals surface area contributed by atoms with Crippen molar-refractivity contribution in [2.75, 3.05) is 18.1 Å². The van der Waals surface area contributed by atoms with Crippen LogP contribution in [0.1, 0.15) is 5.69 Å². The molecule has 1 rings (SSSR count). The fourth-order valence-corrected chi connectivity index (χ4v) is 1.89. The number of aromatic nitrogens is 1. The van der Waals surface area contributed by atoms with E-state index in [1.807, 2.05) is 18.2 Å². The van der Waals surface area contributed by atoms with Crippen molar-refractivity contribution in [1.82, 2.24) is 4.98 Å². The van der Waals surface area contributed by atoms with Crippen molar-refractivity contribution in [1.29, 1.82) is 0 Å². The number of nitrogens with zero attached hydrogens (tertiary/aromatic N) is 1. The van der Waals surface area contributed by atoms with E-state index >= 15 is 0 Å². The molecule has 2 N–H and O–H groups in total. The first-order valence-corrected chi connectivity index (χ1v) is 5.75. The fraction of sp³-hybridized carbons (Fsp3) is 0.500. The van der Waals surface area contributed by atoms with Crippen LogP contribution in [-0.2, 0) is 6.42 Å². The molecule has 1 aromatic rings. The van der Waals surface area contributed by atoms with Gasteiger partial charge >= 0.3 is 0 Å². The molecule has 14 heavy (non-hydrogen) atoms. The van der Waals surface area contributed by atoms with Gasteiger partial charge in [-0.05, 0) is 24.3 Å². The zero-order valence-electron chi connectivity index (χ0n) is 7.97. The topological polar surface area (TPSA) is 53.4 Å². The summed E-state index contributed by atoms with van der Waals surface area (Å²) in [5.41, 5.74) is 1.07. The highest BCUT2D eigenvalue weighted by atomic mass is 32.2. The summed E-state index contributed by atoms with van der Waals surface area (Å²) in [5, 5.41) is 17.6. The molecule has 0 amide bonds. The number of aliphatic hydroxyl groups excluding tert-OH is 2. The van der Waals surface area contributed by atoms with Crippen molar-refractivity contribution in [3.05, 3.63) is 30.1 Å². The van der Waals surface area contributed by atoms with Gasteiger partial charge in [0.15, 0.2) is 0 Å². The van der Waals surface area contributed by atoms with Crippen molar-refractivity contribution < 1.29 is 10.2 Å². The molecule has 4 heteroatoms. The summed E-state index contributed by atoms with van der Waals surface area (Å²) in [7, 11) is 0. The number of pyridine rings is 1. The van der Waals surface area contributed by atoms with Crippen LogP contribution in [0, 0.1) is 0 Å². The summed E-state index contributed by atoms with van der Waals surface area (Å²) in [6.45, 7) is -0.156. The third-order valence-electron chi connectivity index (χ3n) is 1.75. The smallest absolute Gasteiger partial charge is 0.0861 e. The lowest BCUT2D eigenvalue weighted by Crippen LogP contribution is -2.15. The minimum atomic E-state index is -0.594. The molecule has 0 aliphatic rings. The fourth-order valence-electron chi connectivity index (χ4n) is 0.995. The van der Waals surface area contributed by atoms with Gasteiger partial charge in [-0.1, -0.05) is 6.07 Å². The summed E-state index contributed by atoms with van der Waals surface area (Å²) >= 11 is 1.63.